The summed E-state index contributed by atoms with van der Waals surface area (Å²) in [6.07, 6.45) is -4.42. The number of thioether (sulfide) groups is 1. The first-order chi connectivity index (χ1) is 8.32. The number of aryl methyl sites for hydroxylation is 1. The lowest BCUT2D eigenvalue weighted by Crippen LogP contribution is -2.21. The number of anilines is 1. The second-order valence-electron chi connectivity index (χ2n) is 3.78. The van der Waals surface area contributed by atoms with Gasteiger partial charge in [0.2, 0.25) is 0 Å². The number of aromatic carboxylic acids is 1. The molecule has 2 rings (SSSR count). The number of nitrogens with two attached hydrogens (primary N) is 1. The summed E-state index contributed by atoms with van der Waals surface area (Å²) in [5.41, 5.74) is 3.26. The Morgan fingerprint density at radius 1 is 1.44 bits per heavy atom. The van der Waals surface area contributed by atoms with Crippen LogP contribution in [0.1, 0.15) is 27.3 Å². The number of nitrogen functional groups attached to an aromatic ring is 1. The van der Waals surface area contributed by atoms with Crippen molar-refractivity contribution in [3.8, 4) is 0 Å². The minimum absolute atomic E-state index is 0.188. The topological polar surface area (TPSA) is 76.2 Å². The fourth-order valence-corrected chi connectivity index (χ4v) is 2.85. The van der Waals surface area contributed by atoms with E-state index in [2.05, 4.69) is 4.98 Å². The minimum Gasteiger partial charge on any atom is -0.478 e. The predicted octanol–water partition coefficient (Wildman–Crippen LogP) is 2.17. The van der Waals surface area contributed by atoms with E-state index >= 15 is 0 Å². The van der Waals surface area contributed by atoms with Gasteiger partial charge in [0, 0.05) is 17.0 Å². The lowest BCUT2D eigenvalue weighted by molar-refractivity contribution is -0.140. The molecule has 0 saturated heterocycles. The number of aromatic nitrogens is 1. The van der Waals surface area contributed by atoms with Crippen LogP contribution in [0.2, 0.25) is 0 Å². The molecule has 1 aromatic rings. The Morgan fingerprint density at radius 2 is 2.11 bits per heavy atom. The van der Waals surface area contributed by atoms with Crippen molar-refractivity contribution in [2.45, 2.75) is 18.3 Å². The molecule has 0 saturated carbocycles. The highest BCUT2D eigenvalue weighted by molar-refractivity contribution is 7.98. The molecule has 0 amide bonds. The molecule has 0 radical (unpaired) electrons. The molecule has 3 N–H and O–H groups in total. The van der Waals surface area contributed by atoms with Gasteiger partial charge in [-0.3, -0.25) is 0 Å². The quantitative estimate of drug-likeness (QED) is 0.823. The maximum atomic E-state index is 12.7. The largest absolute Gasteiger partial charge is 0.478 e. The highest BCUT2D eigenvalue weighted by Crippen LogP contribution is 2.38. The third-order valence-electron chi connectivity index (χ3n) is 2.63. The molecular formula is C10H9F3N2O2S. The van der Waals surface area contributed by atoms with Gasteiger partial charge in [-0.05, 0) is 12.2 Å². The zero-order valence-electron chi connectivity index (χ0n) is 9.04. The van der Waals surface area contributed by atoms with Crippen molar-refractivity contribution in [3.05, 3.63) is 22.5 Å². The predicted molar refractivity (Wildman–Crippen MR) is 60.5 cm³/mol. The van der Waals surface area contributed by atoms with E-state index in [1.165, 1.54) is 11.8 Å². The normalized spacial score (nSPS) is 15.3. The maximum Gasteiger partial charge on any atom is 0.435 e. The summed E-state index contributed by atoms with van der Waals surface area (Å²) in [6.45, 7) is 0. The first kappa shape index (κ1) is 13.0. The smallest absolute Gasteiger partial charge is 0.435 e. The fraction of sp³-hybridized carbons (Fsp3) is 0.400. The van der Waals surface area contributed by atoms with Gasteiger partial charge in [-0.15, -0.1) is 0 Å². The standard InChI is InChI=1S/C10H9F3N2O2S/c11-10(12,13)8-7(14)6(9(16)17)4-3-18-2-1-5(4)15-8/h1-3,14H2,(H,16,17). The fourth-order valence-electron chi connectivity index (χ4n) is 1.85. The van der Waals surface area contributed by atoms with E-state index in [9.17, 15) is 18.0 Å². The minimum atomic E-state index is -4.74. The second kappa shape index (κ2) is 4.34. The van der Waals surface area contributed by atoms with Gasteiger partial charge < -0.3 is 10.8 Å². The van der Waals surface area contributed by atoms with Gasteiger partial charge in [0.1, 0.15) is 0 Å². The Hall–Kier alpha value is -1.44. The number of carbonyl (C=O) groups is 1. The van der Waals surface area contributed by atoms with Crippen LogP contribution in [0.4, 0.5) is 18.9 Å². The summed E-state index contributed by atoms with van der Waals surface area (Å²) in [6, 6.07) is 0. The summed E-state index contributed by atoms with van der Waals surface area (Å²) in [7, 11) is 0. The highest BCUT2D eigenvalue weighted by Gasteiger charge is 2.39. The van der Waals surface area contributed by atoms with Gasteiger partial charge in [-0.2, -0.15) is 24.9 Å². The van der Waals surface area contributed by atoms with E-state index in [0.717, 1.165) is 0 Å². The third kappa shape index (κ3) is 2.12. The molecule has 4 nitrogen and oxygen atoms in total. The van der Waals surface area contributed by atoms with Gasteiger partial charge in [-0.25, -0.2) is 9.78 Å². The van der Waals surface area contributed by atoms with Gasteiger partial charge in [0.15, 0.2) is 5.69 Å². The molecule has 98 valence electrons. The van der Waals surface area contributed by atoms with Crippen molar-refractivity contribution in [2.75, 3.05) is 11.5 Å². The number of nitrogens with zero attached hydrogens (tertiary/aromatic N) is 1. The molecule has 2 heterocycles. The van der Waals surface area contributed by atoms with Gasteiger partial charge in [0.25, 0.3) is 0 Å². The molecule has 0 unspecified atom stereocenters. The van der Waals surface area contributed by atoms with Crippen LogP contribution in [0.3, 0.4) is 0 Å². The monoisotopic (exact) mass is 278 g/mol. The summed E-state index contributed by atoms with van der Waals surface area (Å²) in [5, 5.41) is 9.03. The van der Waals surface area contributed by atoms with Gasteiger partial charge in [-0.1, -0.05) is 0 Å². The number of alkyl halides is 3. The lowest BCUT2D eigenvalue weighted by Gasteiger charge is -2.21. The number of hydrogen-bond acceptors (Lipinski definition) is 4. The molecule has 0 aromatic carbocycles. The molecule has 1 aromatic heterocycles. The number of halogens is 3. The Bertz CT molecular complexity index is 517. The van der Waals surface area contributed by atoms with Crippen LogP contribution in [-0.2, 0) is 18.3 Å². The Balaban J connectivity index is 2.73. The molecule has 0 bridgehead atoms. The van der Waals surface area contributed by atoms with Crippen LogP contribution in [0.25, 0.3) is 0 Å². The maximum absolute atomic E-state index is 12.7. The van der Waals surface area contributed by atoms with E-state index in [4.69, 9.17) is 10.8 Å². The molecule has 18 heavy (non-hydrogen) atoms. The molecule has 8 heteroatoms. The molecular weight excluding hydrogens is 269 g/mol. The first-order valence-electron chi connectivity index (χ1n) is 5.02. The third-order valence-corrected chi connectivity index (χ3v) is 3.62. The van der Waals surface area contributed by atoms with Crippen LogP contribution < -0.4 is 5.73 Å². The number of carboxylic acids is 1. The summed E-state index contributed by atoms with van der Waals surface area (Å²) < 4.78 is 38.2. The zero-order valence-corrected chi connectivity index (χ0v) is 9.86. The van der Waals surface area contributed by atoms with Crippen LogP contribution in [-0.4, -0.2) is 21.8 Å². The molecule has 0 fully saturated rings. The van der Waals surface area contributed by atoms with Crippen LogP contribution in [0.15, 0.2) is 0 Å². The van der Waals surface area contributed by atoms with Crippen molar-refractivity contribution in [1.82, 2.24) is 4.98 Å². The van der Waals surface area contributed by atoms with E-state index in [1.54, 1.807) is 0 Å². The number of carboxylic acid groups (broad SMARTS) is 1. The van der Waals surface area contributed by atoms with Crippen molar-refractivity contribution in [2.24, 2.45) is 0 Å². The van der Waals surface area contributed by atoms with Gasteiger partial charge in [0.05, 0.1) is 11.3 Å². The number of hydrogen-bond donors (Lipinski definition) is 2. The number of rotatable bonds is 1. The summed E-state index contributed by atoms with van der Waals surface area (Å²) in [4.78, 5) is 14.6. The SMILES string of the molecule is Nc1c(C(F)(F)F)nc2c(c1C(=O)O)CSCC2. The number of fused-ring (bicyclic) bond motifs is 1. The molecule has 0 atom stereocenters. The summed E-state index contributed by atoms with van der Waals surface area (Å²) in [5.74, 6) is -0.494. The van der Waals surface area contributed by atoms with Crippen molar-refractivity contribution >= 4 is 23.4 Å². The van der Waals surface area contributed by atoms with E-state index in [-0.39, 0.29) is 5.69 Å². The Kier molecular flexibility index (Phi) is 3.14. The second-order valence-corrected chi connectivity index (χ2v) is 4.89. The van der Waals surface area contributed by atoms with Crippen molar-refractivity contribution in [1.29, 1.82) is 0 Å². The van der Waals surface area contributed by atoms with Crippen LogP contribution in [0.5, 0.6) is 0 Å². The average Bonchev–Trinajstić information content (AvgIpc) is 2.26. The molecule has 1 aliphatic heterocycles. The molecule has 0 aliphatic carbocycles. The van der Waals surface area contributed by atoms with E-state index < -0.39 is 29.1 Å². The average molecular weight is 278 g/mol. The number of pyridine rings is 1. The van der Waals surface area contributed by atoms with Crippen molar-refractivity contribution < 1.29 is 23.1 Å². The highest BCUT2D eigenvalue weighted by atomic mass is 32.2. The van der Waals surface area contributed by atoms with Crippen LogP contribution >= 0.6 is 11.8 Å². The van der Waals surface area contributed by atoms with Crippen LogP contribution in [0, 0.1) is 0 Å². The Morgan fingerprint density at radius 3 is 2.67 bits per heavy atom. The van der Waals surface area contributed by atoms with E-state index in [1.807, 2.05) is 0 Å². The first-order valence-corrected chi connectivity index (χ1v) is 6.17. The Labute approximate surface area is 104 Å². The van der Waals surface area contributed by atoms with Crippen molar-refractivity contribution in [3.63, 3.8) is 0 Å². The van der Waals surface area contributed by atoms with Gasteiger partial charge >= 0.3 is 12.1 Å². The lowest BCUT2D eigenvalue weighted by atomic mass is 10.0. The zero-order chi connectivity index (χ0) is 13.5. The summed E-state index contributed by atoms with van der Waals surface area (Å²) >= 11 is 1.45. The van der Waals surface area contributed by atoms with E-state index in [0.29, 0.717) is 23.5 Å². The molecule has 0 spiro atoms. The molecule has 1 aliphatic rings.